The molecule has 1 fully saturated rings. The van der Waals surface area contributed by atoms with E-state index < -0.39 is 23.5 Å². The van der Waals surface area contributed by atoms with Gasteiger partial charge in [0.1, 0.15) is 5.82 Å². The molecule has 9 heteroatoms. The Morgan fingerprint density at radius 1 is 0.932 bits per heavy atom. The summed E-state index contributed by atoms with van der Waals surface area (Å²) in [6.07, 6.45) is 3.11. The van der Waals surface area contributed by atoms with Crippen LogP contribution in [0.4, 0.5) is 34.6 Å². The van der Waals surface area contributed by atoms with Crippen LogP contribution in [0.5, 0.6) is 0 Å². The number of carbonyl (C=O) groups is 1. The lowest BCUT2D eigenvalue weighted by atomic mass is 9.90. The number of carbonyl (C=O) groups excluding carboxylic acids is 1. The van der Waals surface area contributed by atoms with Crippen LogP contribution in [0.25, 0.3) is 16.7 Å². The van der Waals surface area contributed by atoms with Crippen LogP contribution in [0.15, 0.2) is 66.7 Å². The highest BCUT2D eigenvalue weighted by atomic mass is 19.4. The van der Waals surface area contributed by atoms with Gasteiger partial charge in [0.25, 0.3) is 0 Å². The summed E-state index contributed by atoms with van der Waals surface area (Å²) in [5.41, 5.74) is 5.24. The Bertz CT molecular complexity index is 1550. The van der Waals surface area contributed by atoms with Crippen LogP contribution in [0, 0.1) is 11.7 Å². The van der Waals surface area contributed by atoms with Crippen molar-refractivity contribution in [3.05, 3.63) is 83.7 Å². The second-order valence-electron chi connectivity index (χ2n) is 12.3. The van der Waals surface area contributed by atoms with Crippen molar-refractivity contribution in [1.82, 2.24) is 4.90 Å². The summed E-state index contributed by atoms with van der Waals surface area (Å²) in [6.45, 7) is 4.08. The van der Waals surface area contributed by atoms with E-state index in [-0.39, 0.29) is 23.8 Å². The van der Waals surface area contributed by atoms with Crippen molar-refractivity contribution in [3.63, 3.8) is 0 Å². The van der Waals surface area contributed by atoms with Crippen LogP contribution in [0.2, 0.25) is 0 Å². The fraction of sp³-hybridized carbons (Fsp3) is 0.400. The van der Waals surface area contributed by atoms with E-state index in [0.717, 1.165) is 72.4 Å². The molecule has 0 aromatic heterocycles. The van der Waals surface area contributed by atoms with Gasteiger partial charge in [-0.2, -0.15) is 13.2 Å². The molecule has 2 aliphatic heterocycles. The Labute approximate surface area is 255 Å². The molecule has 5 nitrogen and oxygen atoms in total. The molecule has 2 N–H and O–H groups in total. The molecule has 0 radical (unpaired) electrons. The molecule has 0 bridgehead atoms. The topological polar surface area (TPSA) is 47.6 Å². The van der Waals surface area contributed by atoms with Gasteiger partial charge < -0.3 is 20.4 Å². The van der Waals surface area contributed by atoms with E-state index in [1.54, 1.807) is 0 Å². The summed E-state index contributed by atoms with van der Waals surface area (Å²) < 4.78 is 53.8. The number of piperidine rings is 1. The largest absolute Gasteiger partial charge is 0.416 e. The minimum Gasteiger partial charge on any atom is -0.364 e. The highest BCUT2D eigenvalue weighted by Gasteiger charge is 2.33. The van der Waals surface area contributed by atoms with Crippen LogP contribution in [0.3, 0.4) is 0 Å². The van der Waals surface area contributed by atoms with Gasteiger partial charge in [-0.25, -0.2) is 4.39 Å². The van der Waals surface area contributed by atoms with E-state index in [0.29, 0.717) is 18.9 Å². The smallest absolute Gasteiger partial charge is 0.364 e. The average Bonchev–Trinajstić information content (AvgIpc) is 3.16. The van der Waals surface area contributed by atoms with E-state index in [9.17, 15) is 22.4 Å². The first-order valence-corrected chi connectivity index (χ1v) is 15.4. The van der Waals surface area contributed by atoms with Gasteiger partial charge in [0.2, 0.25) is 5.91 Å². The average molecular weight is 607 g/mol. The van der Waals surface area contributed by atoms with Crippen molar-refractivity contribution < 1.29 is 22.4 Å². The minimum absolute atomic E-state index is 0.166. The number of likely N-dealkylation sites (tertiary alicyclic amines) is 1. The Morgan fingerprint density at radius 3 is 2.34 bits per heavy atom. The van der Waals surface area contributed by atoms with Gasteiger partial charge >= 0.3 is 6.18 Å². The number of alkyl halides is 3. The van der Waals surface area contributed by atoms with Crippen molar-refractivity contribution in [2.24, 2.45) is 5.92 Å². The molecule has 2 heterocycles. The van der Waals surface area contributed by atoms with Gasteiger partial charge in [0.05, 0.1) is 28.8 Å². The number of nitrogens with zero attached hydrogens (tertiary/aromatic N) is 2. The first kappa shape index (κ1) is 30.2. The summed E-state index contributed by atoms with van der Waals surface area (Å²) in [5, 5.41) is 6.11. The number of halogens is 4. The Hall–Kier alpha value is -3.85. The third-order valence-corrected chi connectivity index (χ3v) is 9.40. The molecule has 232 valence electrons. The van der Waals surface area contributed by atoms with Crippen molar-refractivity contribution in [1.29, 1.82) is 0 Å². The number of anilines is 3. The third kappa shape index (κ3) is 6.34. The van der Waals surface area contributed by atoms with E-state index in [2.05, 4.69) is 82.9 Å². The maximum Gasteiger partial charge on any atom is 0.416 e. The Morgan fingerprint density at radius 2 is 1.64 bits per heavy atom. The van der Waals surface area contributed by atoms with E-state index in [1.165, 1.54) is 12.1 Å². The Balaban J connectivity index is 1.23. The van der Waals surface area contributed by atoms with Gasteiger partial charge in [-0.3, -0.25) is 4.79 Å². The highest BCUT2D eigenvalue weighted by molar-refractivity contribution is 5.94. The van der Waals surface area contributed by atoms with Crippen LogP contribution in [-0.4, -0.2) is 43.2 Å². The fourth-order valence-corrected chi connectivity index (χ4v) is 6.73. The predicted molar refractivity (Wildman–Crippen MR) is 168 cm³/mol. The van der Waals surface area contributed by atoms with Crippen molar-refractivity contribution >= 4 is 28.5 Å². The zero-order valence-corrected chi connectivity index (χ0v) is 25.1. The minimum atomic E-state index is -4.66. The molecule has 3 aromatic rings. The van der Waals surface area contributed by atoms with Crippen LogP contribution >= 0.6 is 0 Å². The van der Waals surface area contributed by atoms with Crippen molar-refractivity contribution in [2.75, 3.05) is 35.7 Å². The lowest BCUT2D eigenvalue weighted by Crippen LogP contribution is -2.41. The predicted octanol–water partition coefficient (Wildman–Crippen LogP) is 8.40. The molecule has 44 heavy (non-hydrogen) atoms. The second-order valence-corrected chi connectivity index (χ2v) is 12.3. The van der Waals surface area contributed by atoms with Gasteiger partial charge in [-0.1, -0.05) is 42.8 Å². The molecule has 1 saturated heterocycles. The zero-order valence-electron chi connectivity index (χ0n) is 25.1. The first-order chi connectivity index (χ1) is 21.1. The van der Waals surface area contributed by atoms with Gasteiger partial charge in [-0.15, -0.1) is 0 Å². The number of nitrogens with one attached hydrogen (secondary N) is 2. The molecule has 0 spiro atoms. The lowest BCUT2D eigenvalue weighted by molar-refractivity contribution is -0.137. The molecule has 6 rings (SSSR count). The summed E-state index contributed by atoms with van der Waals surface area (Å²) in [7, 11) is 2.07. The number of hydrogen-bond donors (Lipinski definition) is 2. The number of fused-ring (bicyclic) bond motifs is 1. The van der Waals surface area contributed by atoms with Gasteiger partial charge in [0, 0.05) is 19.0 Å². The standard InChI is InChI=1S/C35H38F4N4O/c1-22-40-32-20-26(11-15-33(32)42(22)2)24-8-6-23(7-9-24)25-10-13-29(43-16-4-3-5-17-43)19-27(18-25)34(44)41-31-14-12-28(21-30(31)36)35(37,38)39/h6-12,14-15,20-22,27,29,40H,3-5,13,16-19H2,1-2H3,(H,41,44)/t22?,27?,29-/m0/s1. The number of hydrogen-bond acceptors (Lipinski definition) is 4. The molecule has 2 unspecified atom stereocenters. The highest BCUT2D eigenvalue weighted by Crippen LogP contribution is 2.38. The summed E-state index contributed by atoms with van der Waals surface area (Å²) in [4.78, 5) is 18.2. The van der Waals surface area contributed by atoms with E-state index in [4.69, 9.17) is 0 Å². The SMILES string of the molecule is CC1Nc2cc(-c3ccc(C4=CC[C@H](N5CCCCC5)CC(C(=O)Nc5ccc(C(F)(F)F)cc5F)C4)cc3)ccc2N1C. The van der Waals surface area contributed by atoms with Crippen molar-refractivity contribution in [2.45, 2.75) is 63.8 Å². The number of rotatable bonds is 5. The molecule has 3 aliphatic rings. The quantitative estimate of drug-likeness (QED) is 0.287. The monoisotopic (exact) mass is 606 g/mol. The number of amides is 1. The molecular weight excluding hydrogens is 568 g/mol. The molecule has 3 aromatic carbocycles. The van der Waals surface area contributed by atoms with Crippen molar-refractivity contribution in [3.8, 4) is 11.1 Å². The maximum absolute atomic E-state index is 14.6. The first-order valence-electron chi connectivity index (χ1n) is 15.4. The molecular formula is C35H38F4N4O. The third-order valence-electron chi connectivity index (χ3n) is 9.40. The number of allylic oxidation sites excluding steroid dienone is 1. The van der Waals surface area contributed by atoms with Crippen LogP contribution in [-0.2, 0) is 11.0 Å². The Kier molecular flexibility index (Phi) is 8.42. The summed E-state index contributed by atoms with van der Waals surface area (Å²) in [5.74, 6) is -1.93. The van der Waals surface area contributed by atoms with Crippen LogP contribution < -0.4 is 15.5 Å². The summed E-state index contributed by atoms with van der Waals surface area (Å²) >= 11 is 0. The normalized spacial score (nSPS) is 22.5. The second kappa shape index (κ2) is 12.3. The molecule has 0 saturated carbocycles. The molecule has 1 amide bonds. The lowest BCUT2D eigenvalue weighted by Gasteiger charge is -2.35. The fourth-order valence-electron chi connectivity index (χ4n) is 6.73. The summed E-state index contributed by atoms with van der Waals surface area (Å²) in [6, 6.07) is 17.2. The van der Waals surface area contributed by atoms with E-state index in [1.807, 2.05) is 0 Å². The number of benzene rings is 3. The molecule has 3 atom stereocenters. The van der Waals surface area contributed by atoms with Gasteiger partial charge in [-0.05, 0) is 105 Å². The van der Waals surface area contributed by atoms with E-state index >= 15 is 0 Å². The zero-order chi connectivity index (χ0) is 31.0. The van der Waals surface area contributed by atoms with Gasteiger partial charge in [0.15, 0.2) is 0 Å². The van der Waals surface area contributed by atoms with Crippen LogP contribution in [0.1, 0.15) is 56.6 Å². The maximum atomic E-state index is 14.6. The molecule has 1 aliphatic carbocycles.